The van der Waals surface area contributed by atoms with E-state index in [4.69, 9.17) is 5.26 Å². The third kappa shape index (κ3) is 1.77. The maximum absolute atomic E-state index is 8.65. The zero-order chi connectivity index (χ0) is 12.5. The van der Waals surface area contributed by atoms with Crippen molar-refractivity contribution in [1.29, 1.82) is 5.26 Å². The predicted octanol–water partition coefficient (Wildman–Crippen LogP) is 2.76. The third-order valence-corrected chi connectivity index (χ3v) is 3.72. The molecule has 2 heterocycles. The standard InChI is InChI=1S/C13H10N4S/c1-17-8-15-11-6-9(2-3-12(11)17)13-16-10(4-5-14)7-18-13/h2-3,6-8H,4H2,1H3. The van der Waals surface area contributed by atoms with Gasteiger partial charge in [0.15, 0.2) is 0 Å². The number of hydrogen-bond acceptors (Lipinski definition) is 4. The van der Waals surface area contributed by atoms with E-state index in [1.807, 2.05) is 35.2 Å². The summed E-state index contributed by atoms with van der Waals surface area (Å²) in [6.45, 7) is 0. The van der Waals surface area contributed by atoms with Gasteiger partial charge in [0.2, 0.25) is 0 Å². The lowest BCUT2D eigenvalue weighted by atomic mass is 10.2. The molecule has 3 rings (SSSR count). The van der Waals surface area contributed by atoms with Gasteiger partial charge in [-0.2, -0.15) is 5.26 Å². The van der Waals surface area contributed by atoms with Crippen LogP contribution in [0.1, 0.15) is 5.69 Å². The van der Waals surface area contributed by atoms with Gasteiger partial charge >= 0.3 is 0 Å². The van der Waals surface area contributed by atoms with Gasteiger partial charge in [0.25, 0.3) is 0 Å². The molecule has 5 heteroatoms. The largest absolute Gasteiger partial charge is 0.334 e. The van der Waals surface area contributed by atoms with Crippen molar-refractivity contribution in [3.05, 3.63) is 35.6 Å². The van der Waals surface area contributed by atoms with Crippen LogP contribution in [0.4, 0.5) is 0 Å². The molecule has 18 heavy (non-hydrogen) atoms. The lowest BCUT2D eigenvalue weighted by Gasteiger charge is -1.97. The fraction of sp³-hybridized carbons (Fsp3) is 0.154. The highest BCUT2D eigenvalue weighted by Gasteiger charge is 2.07. The van der Waals surface area contributed by atoms with Crippen LogP contribution in [-0.2, 0) is 13.5 Å². The van der Waals surface area contributed by atoms with E-state index in [-0.39, 0.29) is 0 Å². The van der Waals surface area contributed by atoms with Gasteiger partial charge in [-0.25, -0.2) is 9.97 Å². The van der Waals surface area contributed by atoms with Gasteiger partial charge in [-0.05, 0) is 18.2 Å². The maximum Gasteiger partial charge on any atom is 0.123 e. The number of rotatable bonds is 2. The number of nitrogens with zero attached hydrogens (tertiary/aromatic N) is 4. The van der Waals surface area contributed by atoms with Crippen LogP contribution in [-0.4, -0.2) is 14.5 Å². The summed E-state index contributed by atoms with van der Waals surface area (Å²) >= 11 is 1.56. The molecule has 0 aliphatic heterocycles. The van der Waals surface area contributed by atoms with Gasteiger partial charge in [-0.15, -0.1) is 11.3 Å². The molecule has 0 fully saturated rings. The molecule has 0 saturated carbocycles. The van der Waals surface area contributed by atoms with Crippen molar-refractivity contribution in [2.75, 3.05) is 0 Å². The second-order valence-corrected chi connectivity index (χ2v) is 4.90. The highest BCUT2D eigenvalue weighted by molar-refractivity contribution is 7.13. The number of aromatic nitrogens is 3. The first kappa shape index (κ1) is 10.9. The number of fused-ring (bicyclic) bond motifs is 1. The Labute approximate surface area is 108 Å². The lowest BCUT2D eigenvalue weighted by Crippen LogP contribution is -1.84. The van der Waals surface area contributed by atoms with Crippen LogP contribution in [0.25, 0.3) is 21.6 Å². The first-order chi connectivity index (χ1) is 8.78. The molecule has 0 N–H and O–H groups in total. The Hall–Kier alpha value is -2.19. The molecular formula is C13H10N4S. The highest BCUT2D eigenvalue weighted by atomic mass is 32.1. The van der Waals surface area contributed by atoms with Crippen LogP contribution < -0.4 is 0 Å². The van der Waals surface area contributed by atoms with Crippen LogP contribution >= 0.6 is 11.3 Å². The molecule has 88 valence electrons. The molecule has 0 spiro atoms. The first-order valence-electron chi connectivity index (χ1n) is 5.51. The van der Waals surface area contributed by atoms with Crippen molar-refractivity contribution in [2.24, 2.45) is 7.05 Å². The van der Waals surface area contributed by atoms with E-state index >= 15 is 0 Å². The summed E-state index contributed by atoms with van der Waals surface area (Å²) in [6.07, 6.45) is 2.17. The lowest BCUT2D eigenvalue weighted by molar-refractivity contribution is 0.948. The molecule has 0 bridgehead atoms. The number of benzene rings is 1. The minimum Gasteiger partial charge on any atom is -0.334 e. The second-order valence-electron chi connectivity index (χ2n) is 4.04. The number of imidazole rings is 1. The summed E-state index contributed by atoms with van der Waals surface area (Å²) in [4.78, 5) is 8.78. The van der Waals surface area contributed by atoms with Gasteiger partial charge < -0.3 is 4.57 Å². The summed E-state index contributed by atoms with van der Waals surface area (Å²) in [5.41, 5.74) is 3.95. The molecule has 0 radical (unpaired) electrons. The Bertz CT molecular complexity index is 748. The quantitative estimate of drug-likeness (QED) is 0.706. The second kappa shape index (κ2) is 4.24. The van der Waals surface area contributed by atoms with Crippen LogP contribution in [0.3, 0.4) is 0 Å². The summed E-state index contributed by atoms with van der Waals surface area (Å²) in [7, 11) is 1.98. The number of aryl methyl sites for hydroxylation is 1. The Morgan fingerprint density at radius 3 is 3.17 bits per heavy atom. The van der Waals surface area contributed by atoms with E-state index in [1.165, 1.54) is 0 Å². The Balaban J connectivity index is 2.05. The average molecular weight is 254 g/mol. The van der Waals surface area contributed by atoms with E-state index in [0.717, 1.165) is 27.3 Å². The Morgan fingerprint density at radius 1 is 1.44 bits per heavy atom. The summed E-state index contributed by atoms with van der Waals surface area (Å²) in [6, 6.07) is 8.23. The van der Waals surface area contributed by atoms with Gasteiger partial charge in [-0.1, -0.05) is 0 Å². The van der Waals surface area contributed by atoms with Crippen molar-refractivity contribution in [3.63, 3.8) is 0 Å². The van der Waals surface area contributed by atoms with E-state index < -0.39 is 0 Å². The van der Waals surface area contributed by atoms with Crippen LogP contribution in [0.5, 0.6) is 0 Å². The summed E-state index contributed by atoms with van der Waals surface area (Å²) in [5.74, 6) is 0. The zero-order valence-electron chi connectivity index (χ0n) is 9.79. The van der Waals surface area contributed by atoms with E-state index in [0.29, 0.717) is 6.42 Å². The average Bonchev–Trinajstić information content (AvgIpc) is 2.97. The number of nitriles is 1. The van der Waals surface area contributed by atoms with E-state index in [9.17, 15) is 0 Å². The fourth-order valence-electron chi connectivity index (χ4n) is 1.87. The molecule has 4 nitrogen and oxygen atoms in total. The van der Waals surface area contributed by atoms with Crippen LogP contribution in [0, 0.1) is 11.3 Å². The smallest absolute Gasteiger partial charge is 0.123 e. The molecule has 0 aliphatic carbocycles. The van der Waals surface area contributed by atoms with Crippen molar-refractivity contribution in [3.8, 4) is 16.6 Å². The SMILES string of the molecule is Cn1cnc2cc(-c3nc(CC#N)cs3)ccc21. The van der Waals surface area contributed by atoms with Crippen molar-refractivity contribution >= 4 is 22.4 Å². The molecule has 0 unspecified atom stereocenters. The molecule has 0 saturated heterocycles. The summed E-state index contributed by atoms with van der Waals surface area (Å²) in [5, 5.41) is 11.5. The van der Waals surface area contributed by atoms with E-state index in [2.05, 4.69) is 16.0 Å². The topological polar surface area (TPSA) is 54.5 Å². The molecular weight excluding hydrogens is 244 g/mol. The minimum atomic E-state index is 0.363. The fourth-order valence-corrected chi connectivity index (χ4v) is 2.69. The molecule has 0 atom stereocenters. The van der Waals surface area contributed by atoms with Gasteiger partial charge in [0.05, 0.1) is 35.5 Å². The predicted molar refractivity (Wildman–Crippen MR) is 71.1 cm³/mol. The Kier molecular flexibility index (Phi) is 2.58. The first-order valence-corrected chi connectivity index (χ1v) is 6.38. The summed E-state index contributed by atoms with van der Waals surface area (Å²) < 4.78 is 1.99. The molecule has 1 aromatic carbocycles. The van der Waals surface area contributed by atoms with Gasteiger partial charge in [-0.3, -0.25) is 0 Å². The molecule has 0 aliphatic rings. The molecule has 3 aromatic rings. The Morgan fingerprint density at radius 2 is 2.33 bits per heavy atom. The normalized spacial score (nSPS) is 10.7. The monoisotopic (exact) mass is 254 g/mol. The van der Waals surface area contributed by atoms with Gasteiger partial charge in [0, 0.05) is 18.0 Å². The van der Waals surface area contributed by atoms with Crippen molar-refractivity contribution in [2.45, 2.75) is 6.42 Å². The zero-order valence-corrected chi connectivity index (χ0v) is 10.6. The van der Waals surface area contributed by atoms with Crippen molar-refractivity contribution in [1.82, 2.24) is 14.5 Å². The third-order valence-electron chi connectivity index (χ3n) is 2.78. The van der Waals surface area contributed by atoms with Crippen LogP contribution in [0.2, 0.25) is 0 Å². The van der Waals surface area contributed by atoms with Crippen LogP contribution in [0.15, 0.2) is 29.9 Å². The van der Waals surface area contributed by atoms with Gasteiger partial charge in [0.1, 0.15) is 5.01 Å². The van der Waals surface area contributed by atoms with E-state index in [1.54, 1.807) is 17.7 Å². The number of hydrogen-bond donors (Lipinski definition) is 0. The number of thiazole rings is 1. The minimum absolute atomic E-state index is 0.363. The molecule has 2 aromatic heterocycles. The van der Waals surface area contributed by atoms with Crippen molar-refractivity contribution < 1.29 is 0 Å². The maximum atomic E-state index is 8.65. The highest BCUT2D eigenvalue weighted by Crippen LogP contribution is 2.26. The molecule has 0 amide bonds.